The highest BCUT2D eigenvalue weighted by Gasteiger charge is 2.05. The van der Waals surface area contributed by atoms with Crippen LogP contribution in [-0.4, -0.2) is 25.1 Å². The van der Waals surface area contributed by atoms with Crippen LogP contribution in [-0.2, 0) is 6.54 Å². The van der Waals surface area contributed by atoms with Gasteiger partial charge in [-0.25, -0.2) is 4.98 Å². The quantitative estimate of drug-likeness (QED) is 0.565. The SMILES string of the molecule is C=CCCCN(C)c1ccc(CNCC)c(C)n1. The van der Waals surface area contributed by atoms with Crippen LogP contribution in [0.3, 0.4) is 0 Å². The number of nitrogens with zero attached hydrogens (tertiary/aromatic N) is 2. The maximum atomic E-state index is 4.66. The number of hydrogen-bond donors (Lipinski definition) is 1. The van der Waals surface area contributed by atoms with Crippen molar-refractivity contribution in [2.24, 2.45) is 0 Å². The van der Waals surface area contributed by atoms with Crippen LogP contribution in [0.1, 0.15) is 31.0 Å². The first-order chi connectivity index (χ1) is 8.69. The third kappa shape index (κ3) is 4.49. The maximum Gasteiger partial charge on any atom is 0.128 e. The Morgan fingerprint density at radius 1 is 1.44 bits per heavy atom. The van der Waals surface area contributed by atoms with Crippen molar-refractivity contribution in [3.05, 3.63) is 36.0 Å². The smallest absolute Gasteiger partial charge is 0.128 e. The van der Waals surface area contributed by atoms with Gasteiger partial charge in [-0.3, -0.25) is 0 Å². The molecule has 0 aliphatic carbocycles. The fourth-order valence-electron chi connectivity index (χ4n) is 1.82. The van der Waals surface area contributed by atoms with Crippen molar-refractivity contribution >= 4 is 5.82 Å². The number of aromatic nitrogens is 1. The van der Waals surface area contributed by atoms with Crippen LogP contribution in [0.2, 0.25) is 0 Å². The minimum atomic E-state index is 0.899. The Labute approximate surface area is 111 Å². The first-order valence-corrected chi connectivity index (χ1v) is 6.68. The zero-order valence-corrected chi connectivity index (χ0v) is 11.9. The Kier molecular flexibility index (Phi) is 6.44. The number of allylic oxidation sites excluding steroid dienone is 1. The van der Waals surface area contributed by atoms with Crippen LogP contribution in [0, 0.1) is 6.92 Å². The summed E-state index contributed by atoms with van der Waals surface area (Å²) in [5.74, 6) is 1.05. The second kappa shape index (κ2) is 7.88. The van der Waals surface area contributed by atoms with Gasteiger partial charge >= 0.3 is 0 Å². The Morgan fingerprint density at radius 2 is 2.22 bits per heavy atom. The summed E-state index contributed by atoms with van der Waals surface area (Å²) >= 11 is 0. The fraction of sp³-hybridized carbons (Fsp3) is 0.533. The Hall–Kier alpha value is -1.35. The van der Waals surface area contributed by atoms with Gasteiger partial charge in [-0.05, 0) is 37.9 Å². The number of pyridine rings is 1. The van der Waals surface area contributed by atoms with Crippen molar-refractivity contribution in [3.63, 3.8) is 0 Å². The van der Waals surface area contributed by atoms with Crippen LogP contribution < -0.4 is 10.2 Å². The monoisotopic (exact) mass is 247 g/mol. The predicted octanol–water partition coefficient (Wildman–Crippen LogP) is 2.90. The van der Waals surface area contributed by atoms with E-state index in [2.05, 4.69) is 54.8 Å². The van der Waals surface area contributed by atoms with Crippen molar-refractivity contribution < 1.29 is 0 Å². The highest BCUT2D eigenvalue weighted by Crippen LogP contribution is 2.14. The lowest BCUT2D eigenvalue weighted by Crippen LogP contribution is -2.20. The molecule has 0 atom stereocenters. The molecule has 3 heteroatoms. The van der Waals surface area contributed by atoms with Gasteiger partial charge in [-0.1, -0.05) is 19.1 Å². The van der Waals surface area contributed by atoms with E-state index in [-0.39, 0.29) is 0 Å². The summed E-state index contributed by atoms with van der Waals surface area (Å²) in [6.07, 6.45) is 4.15. The van der Waals surface area contributed by atoms with Crippen molar-refractivity contribution in [2.45, 2.75) is 33.2 Å². The third-order valence-electron chi connectivity index (χ3n) is 3.04. The summed E-state index contributed by atoms with van der Waals surface area (Å²) in [4.78, 5) is 6.87. The van der Waals surface area contributed by atoms with Gasteiger partial charge in [0.25, 0.3) is 0 Å². The molecule has 0 spiro atoms. The van der Waals surface area contributed by atoms with E-state index < -0.39 is 0 Å². The molecule has 0 unspecified atom stereocenters. The number of aryl methyl sites for hydroxylation is 1. The number of nitrogens with one attached hydrogen (secondary N) is 1. The second-order valence-corrected chi connectivity index (χ2v) is 4.55. The zero-order chi connectivity index (χ0) is 13.4. The maximum absolute atomic E-state index is 4.66. The van der Waals surface area contributed by atoms with Crippen LogP contribution in [0.4, 0.5) is 5.82 Å². The highest BCUT2D eigenvalue weighted by atomic mass is 15.2. The largest absolute Gasteiger partial charge is 0.360 e. The van der Waals surface area contributed by atoms with Crippen molar-refractivity contribution in [3.8, 4) is 0 Å². The molecule has 3 nitrogen and oxygen atoms in total. The number of unbranched alkanes of at least 4 members (excludes halogenated alkanes) is 1. The topological polar surface area (TPSA) is 28.2 Å². The lowest BCUT2D eigenvalue weighted by Gasteiger charge is -2.19. The van der Waals surface area contributed by atoms with Gasteiger partial charge in [0, 0.05) is 25.8 Å². The highest BCUT2D eigenvalue weighted by molar-refractivity contribution is 5.40. The normalized spacial score (nSPS) is 10.4. The van der Waals surface area contributed by atoms with Gasteiger partial charge in [0.15, 0.2) is 0 Å². The minimum Gasteiger partial charge on any atom is -0.360 e. The molecule has 1 aromatic heterocycles. The molecule has 1 N–H and O–H groups in total. The van der Waals surface area contributed by atoms with E-state index in [1.165, 1.54) is 5.56 Å². The Morgan fingerprint density at radius 3 is 2.83 bits per heavy atom. The first-order valence-electron chi connectivity index (χ1n) is 6.68. The zero-order valence-electron chi connectivity index (χ0n) is 11.9. The fourth-order valence-corrected chi connectivity index (χ4v) is 1.82. The molecule has 0 aliphatic rings. The summed E-state index contributed by atoms with van der Waals surface area (Å²) < 4.78 is 0. The van der Waals surface area contributed by atoms with E-state index in [0.717, 1.165) is 44.0 Å². The van der Waals surface area contributed by atoms with E-state index in [1.54, 1.807) is 0 Å². The summed E-state index contributed by atoms with van der Waals surface area (Å²) in [5, 5.41) is 3.33. The molecule has 0 bridgehead atoms. The Balaban J connectivity index is 2.61. The van der Waals surface area contributed by atoms with E-state index in [1.807, 2.05) is 6.08 Å². The molecule has 1 aromatic rings. The second-order valence-electron chi connectivity index (χ2n) is 4.55. The molecule has 0 fully saturated rings. The average molecular weight is 247 g/mol. The first kappa shape index (κ1) is 14.7. The summed E-state index contributed by atoms with van der Waals surface area (Å²) in [6.45, 7) is 10.8. The summed E-state index contributed by atoms with van der Waals surface area (Å²) in [7, 11) is 2.09. The van der Waals surface area contributed by atoms with Crippen molar-refractivity contribution in [2.75, 3.05) is 25.0 Å². The van der Waals surface area contributed by atoms with Crippen LogP contribution in [0.25, 0.3) is 0 Å². The molecule has 1 rings (SSSR count). The molecule has 1 heterocycles. The molecule has 0 aliphatic heterocycles. The van der Waals surface area contributed by atoms with Gasteiger partial charge in [0.05, 0.1) is 0 Å². The van der Waals surface area contributed by atoms with Gasteiger partial charge in [0.2, 0.25) is 0 Å². The molecule has 0 radical (unpaired) electrons. The van der Waals surface area contributed by atoms with E-state index in [4.69, 9.17) is 0 Å². The summed E-state index contributed by atoms with van der Waals surface area (Å²) in [5.41, 5.74) is 2.39. The van der Waals surface area contributed by atoms with Crippen LogP contribution in [0.5, 0.6) is 0 Å². The Bertz CT molecular complexity index is 374. The molecule has 18 heavy (non-hydrogen) atoms. The van der Waals surface area contributed by atoms with E-state index >= 15 is 0 Å². The van der Waals surface area contributed by atoms with Crippen molar-refractivity contribution in [1.82, 2.24) is 10.3 Å². The number of rotatable bonds is 8. The van der Waals surface area contributed by atoms with Crippen LogP contribution >= 0.6 is 0 Å². The lowest BCUT2D eigenvalue weighted by atomic mass is 10.2. The van der Waals surface area contributed by atoms with Gasteiger partial charge < -0.3 is 10.2 Å². The van der Waals surface area contributed by atoms with Crippen molar-refractivity contribution in [1.29, 1.82) is 0 Å². The van der Waals surface area contributed by atoms with E-state index in [9.17, 15) is 0 Å². The standard InChI is InChI=1S/C15H25N3/c1-5-7-8-11-18(4)15-10-9-14(12-16-6-2)13(3)17-15/h5,9-10,16H,1,6-8,11-12H2,2-4H3. The number of anilines is 1. The average Bonchev–Trinajstić information content (AvgIpc) is 2.37. The molecule has 0 saturated carbocycles. The molecular weight excluding hydrogens is 222 g/mol. The molecular formula is C15H25N3. The minimum absolute atomic E-state index is 0.899. The third-order valence-corrected chi connectivity index (χ3v) is 3.04. The molecule has 0 aromatic carbocycles. The van der Waals surface area contributed by atoms with Crippen LogP contribution in [0.15, 0.2) is 24.8 Å². The van der Waals surface area contributed by atoms with E-state index in [0.29, 0.717) is 0 Å². The molecule has 0 amide bonds. The van der Waals surface area contributed by atoms with Gasteiger partial charge in [-0.15, -0.1) is 6.58 Å². The number of hydrogen-bond acceptors (Lipinski definition) is 3. The summed E-state index contributed by atoms with van der Waals surface area (Å²) in [6, 6.07) is 4.28. The lowest BCUT2D eigenvalue weighted by molar-refractivity contribution is 0.718. The van der Waals surface area contributed by atoms with Gasteiger partial charge in [-0.2, -0.15) is 0 Å². The molecule has 0 saturated heterocycles. The molecule has 100 valence electrons. The predicted molar refractivity (Wildman–Crippen MR) is 79.1 cm³/mol. The van der Waals surface area contributed by atoms with Gasteiger partial charge in [0.1, 0.15) is 5.82 Å².